The van der Waals surface area contributed by atoms with Gasteiger partial charge in [-0.25, -0.2) is 0 Å². The van der Waals surface area contributed by atoms with Gasteiger partial charge in [-0.05, 0) is 37.0 Å². The Hall–Kier alpha value is -2.06. The van der Waals surface area contributed by atoms with Crippen LogP contribution >= 0.6 is 15.9 Å². The Kier molecular flexibility index (Phi) is 4.51. The number of dihydropyridines is 1. The van der Waals surface area contributed by atoms with Crippen LogP contribution in [0.4, 0.5) is 0 Å². The van der Waals surface area contributed by atoms with E-state index in [1.807, 2.05) is 25.1 Å². The Balaban J connectivity index is 2.25. The van der Waals surface area contributed by atoms with Gasteiger partial charge < -0.3 is 10.1 Å². The van der Waals surface area contributed by atoms with Crippen molar-refractivity contribution < 1.29 is 9.53 Å². The summed E-state index contributed by atoms with van der Waals surface area (Å²) >= 11 is 3.50. The Morgan fingerprint density at radius 1 is 1.36 bits per heavy atom. The Labute approximate surface area is 156 Å². The van der Waals surface area contributed by atoms with Gasteiger partial charge in [0.25, 0.3) is 0 Å². The highest BCUT2D eigenvalue weighted by molar-refractivity contribution is 9.10. The highest BCUT2D eigenvalue weighted by Crippen LogP contribution is 2.48. The molecule has 1 atom stereocenters. The van der Waals surface area contributed by atoms with Crippen LogP contribution in [0, 0.1) is 16.7 Å². The number of ether oxygens (including phenoxy) is 1. The second kappa shape index (κ2) is 6.34. The molecule has 1 N–H and O–H groups in total. The molecule has 3 rings (SSSR count). The molecule has 1 aliphatic heterocycles. The van der Waals surface area contributed by atoms with Crippen molar-refractivity contribution in [3.63, 3.8) is 0 Å². The fourth-order valence-electron chi connectivity index (χ4n) is 3.83. The van der Waals surface area contributed by atoms with Gasteiger partial charge in [-0.2, -0.15) is 5.26 Å². The van der Waals surface area contributed by atoms with Gasteiger partial charge in [-0.3, -0.25) is 4.79 Å². The lowest BCUT2D eigenvalue weighted by Gasteiger charge is -2.39. The summed E-state index contributed by atoms with van der Waals surface area (Å²) in [5, 5.41) is 13.1. The molecule has 1 heterocycles. The largest absolute Gasteiger partial charge is 0.496 e. The van der Waals surface area contributed by atoms with E-state index in [0.717, 1.165) is 27.9 Å². The minimum Gasteiger partial charge on any atom is -0.496 e. The van der Waals surface area contributed by atoms with Crippen molar-refractivity contribution in [3.05, 3.63) is 50.8 Å². The molecule has 130 valence electrons. The summed E-state index contributed by atoms with van der Waals surface area (Å²) in [6, 6.07) is 8.01. The summed E-state index contributed by atoms with van der Waals surface area (Å²) in [5.41, 5.74) is 3.78. The van der Waals surface area contributed by atoms with Crippen LogP contribution in [-0.2, 0) is 4.79 Å². The fraction of sp³-hybridized carbons (Fsp3) is 0.400. The van der Waals surface area contributed by atoms with Crippen LogP contribution in [0.1, 0.15) is 45.1 Å². The van der Waals surface area contributed by atoms with Crippen LogP contribution in [0.3, 0.4) is 0 Å². The van der Waals surface area contributed by atoms with Crippen LogP contribution in [0.5, 0.6) is 5.75 Å². The number of hydrogen-bond acceptors (Lipinski definition) is 4. The summed E-state index contributed by atoms with van der Waals surface area (Å²) in [4.78, 5) is 13.0. The standard InChI is InChI=1S/C20H21BrN2O2/c1-11-14(10-22)18(13-7-12(21)5-6-17(13)25-4)19-15(23-11)8-20(2,3)9-16(19)24/h5-7,18,23H,8-9H2,1-4H3. The van der Waals surface area contributed by atoms with Crippen molar-refractivity contribution in [2.45, 2.75) is 39.5 Å². The van der Waals surface area contributed by atoms with Crippen LogP contribution in [0.25, 0.3) is 0 Å². The molecule has 1 aromatic rings. The number of hydrogen-bond donors (Lipinski definition) is 1. The van der Waals surface area contributed by atoms with E-state index < -0.39 is 5.92 Å². The van der Waals surface area contributed by atoms with Gasteiger partial charge in [0, 0.05) is 33.4 Å². The van der Waals surface area contributed by atoms with E-state index in [1.54, 1.807) is 7.11 Å². The Morgan fingerprint density at radius 2 is 2.08 bits per heavy atom. The Bertz CT molecular complexity index is 859. The van der Waals surface area contributed by atoms with E-state index in [1.165, 1.54) is 0 Å². The van der Waals surface area contributed by atoms with Crippen molar-refractivity contribution in [2.75, 3.05) is 7.11 Å². The zero-order valence-electron chi connectivity index (χ0n) is 14.9. The molecule has 4 nitrogen and oxygen atoms in total. The molecule has 0 aromatic heterocycles. The van der Waals surface area contributed by atoms with Crippen LogP contribution in [0.2, 0.25) is 0 Å². The van der Waals surface area contributed by atoms with E-state index in [2.05, 4.69) is 41.2 Å². The molecule has 0 spiro atoms. The first-order chi connectivity index (χ1) is 11.8. The predicted molar refractivity (Wildman–Crippen MR) is 99.9 cm³/mol. The van der Waals surface area contributed by atoms with Crippen LogP contribution in [0.15, 0.2) is 45.2 Å². The lowest BCUT2D eigenvalue weighted by molar-refractivity contribution is -0.118. The zero-order chi connectivity index (χ0) is 18.4. The number of halogens is 1. The second-order valence-electron chi connectivity index (χ2n) is 7.43. The minimum atomic E-state index is -0.391. The minimum absolute atomic E-state index is 0.0841. The lowest BCUT2D eigenvalue weighted by atomic mass is 9.68. The van der Waals surface area contributed by atoms with Gasteiger partial charge in [0.1, 0.15) is 5.75 Å². The van der Waals surface area contributed by atoms with E-state index in [4.69, 9.17) is 4.74 Å². The number of carbonyl (C=O) groups is 1. The molecule has 5 heteroatoms. The average Bonchev–Trinajstić information content (AvgIpc) is 2.52. The summed E-state index contributed by atoms with van der Waals surface area (Å²) < 4.78 is 6.42. The molecular weight excluding hydrogens is 380 g/mol. The summed E-state index contributed by atoms with van der Waals surface area (Å²) in [6.07, 6.45) is 1.27. The number of ketones is 1. The summed E-state index contributed by atoms with van der Waals surface area (Å²) in [7, 11) is 1.61. The van der Waals surface area contributed by atoms with E-state index in [-0.39, 0.29) is 11.2 Å². The van der Waals surface area contributed by atoms with Crippen LogP contribution < -0.4 is 10.1 Å². The molecule has 0 bridgehead atoms. The molecule has 1 aromatic carbocycles. The maximum absolute atomic E-state index is 13.0. The van der Waals surface area contributed by atoms with Crippen molar-refractivity contribution >= 4 is 21.7 Å². The summed E-state index contributed by atoms with van der Waals surface area (Å²) in [5.74, 6) is 0.392. The molecule has 0 amide bonds. The number of rotatable bonds is 2. The molecule has 25 heavy (non-hydrogen) atoms. The highest BCUT2D eigenvalue weighted by Gasteiger charge is 2.41. The number of nitriles is 1. The molecule has 0 saturated carbocycles. The zero-order valence-corrected chi connectivity index (χ0v) is 16.5. The molecule has 0 fully saturated rings. The molecule has 2 aliphatic rings. The van der Waals surface area contributed by atoms with E-state index >= 15 is 0 Å². The predicted octanol–water partition coefficient (Wildman–Crippen LogP) is 4.59. The number of benzene rings is 1. The molecule has 0 radical (unpaired) electrons. The quantitative estimate of drug-likeness (QED) is 0.788. The number of nitrogens with one attached hydrogen (secondary N) is 1. The third kappa shape index (κ3) is 3.11. The van der Waals surface area contributed by atoms with E-state index in [0.29, 0.717) is 23.3 Å². The topological polar surface area (TPSA) is 62.1 Å². The number of Topliss-reactive ketones (excluding diaryl/α,β-unsaturated/α-hetero) is 1. The first-order valence-corrected chi connectivity index (χ1v) is 9.04. The normalized spacial score (nSPS) is 22.2. The van der Waals surface area contributed by atoms with E-state index in [9.17, 15) is 10.1 Å². The Morgan fingerprint density at radius 3 is 2.72 bits per heavy atom. The molecular formula is C20H21BrN2O2. The second-order valence-corrected chi connectivity index (χ2v) is 8.34. The van der Waals surface area contributed by atoms with Crippen molar-refractivity contribution in [2.24, 2.45) is 5.41 Å². The van der Waals surface area contributed by atoms with Gasteiger partial charge in [0.15, 0.2) is 5.78 Å². The maximum Gasteiger partial charge on any atom is 0.162 e. The first kappa shape index (κ1) is 17.8. The molecule has 1 aliphatic carbocycles. The molecule has 1 unspecified atom stereocenters. The van der Waals surface area contributed by atoms with Crippen molar-refractivity contribution in [1.29, 1.82) is 5.26 Å². The molecule has 0 saturated heterocycles. The van der Waals surface area contributed by atoms with Gasteiger partial charge in [-0.1, -0.05) is 29.8 Å². The van der Waals surface area contributed by atoms with Crippen molar-refractivity contribution in [1.82, 2.24) is 5.32 Å². The smallest absolute Gasteiger partial charge is 0.162 e. The number of carbonyl (C=O) groups excluding carboxylic acids is 1. The lowest BCUT2D eigenvalue weighted by Crippen LogP contribution is -2.37. The third-order valence-electron chi connectivity index (χ3n) is 4.86. The fourth-order valence-corrected chi connectivity index (χ4v) is 4.20. The number of allylic oxidation sites excluding steroid dienone is 4. The number of methoxy groups -OCH3 is 1. The van der Waals surface area contributed by atoms with Gasteiger partial charge in [-0.15, -0.1) is 0 Å². The van der Waals surface area contributed by atoms with Crippen LogP contribution in [-0.4, -0.2) is 12.9 Å². The third-order valence-corrected chi connectivity index (χ3v) is 5.36. The monoisotopic (exact) mass is 400 g/mol. The highest BCUT2D eigenvalue weighted by atomic mass is 79.9. The SMILES string of the molecule is COc1ccc(Br)cc1C1C(C#N)=C(C)NC2=C1C(=O)CC(C)(C)C2. The average molecular weight is 401 g/mol. The van der Waals surface area contributed by atoms with Gasteiger partial charge >= 0.3 is 0 Å². The maximum atomic E-state index is 13.0. The first-order valence-electron chi connectivity index (χ1n) is 8.25. The van der Waals surface area contributed by atoms with Gasteiger partial charge in [0.05, 0.1) is 24.7 Å². The van der Waals surface area contributed by atoms with Crippen molar-refractivity contribution in [3.8, 4) is 11.8 Å². The van der Waals surface area contributed by atoms with Gasteiger partial charge in [0.2, 0.25) is 0 Å². The summed E-state index contributed by atoms with van der Waals surface area (Å²) in [6.45, 7) is 6.10. The number of nitrogens with zero attached hydrogens (tertiary/aromatic N) is 1.